The minimum Gasteiger partial charge on any atom is -0.477 e. The van der Waals surface area contributed by atoms with E-state index >= 15 is 0 Å². The zero-order valence-corrected chi connectivity index (χ0v) is 8.59. The number of carboxylic acids is 1. The molecule has 0 saturated carbocycles. The van der Waals surface area contributed by atoms with E-state index in [-0.39, 0.29) is 5.69 Å². The van der Waals surface area contributed by atoms with Gasteiger partial charge in [-0.25, -0.2) is 9.78 Å². The topological polar surface area (TPSA) is 50.2 Å². The predicted molar refractivity (Wildman–Crippen MR) is 52.3 cm³/mol. The smallest absolute Gasteiger partial charge is 0.354 e. The van der Waals surface area contributed by atoms with Gasteiger partial charge < -0.3 is 5.11 Å². The number of aromatic nitrogens is 1. The highest BCUT2D eigenvalue weighted by Gasteiger charge is 2.05. The summed E-state index contributed by atoms with van der Waals surface area (Å²) in [6, 6.07) is 1.44. The maximum Gasteiger partial charge on any atom is 0.354 e. The monoisotopic (exact) mass is 201 g/mol. The van der Waals surface area contributed by atoms with Gasteiger partial charge in [0.25, 0.3) is 0 Å². The van der Waals surface area contributed by atoms with Gasteiger partial charge in [-0.15, -0.1) is 0 Å². The van der Waals surface area contributed by atoms with Gasteiger partial charge in [0.1, 0.15) is 5.69 Å². The molecule has 3 nitrogen and oxygen atoms in total. The highest BCUT2D eigenvalue weighted by molar-refractivity contribution is 6.31. The van der Waals surface area contributed by atoms with Crippen LogP contribution in [0.1, 0.15) is 29.9 Å². The van der Waals surface area contributed by atoms with Gasteiger partial charge in [-0.2, -0.15) is 0 Å². The Morgan fingerprint density at radius 2 is 2.08 bits per heavy atom. The fourth-order valence-electron chi connectivity index (χ4n) is 0.656. The van der Waals surface area contributed by atoms with Crippen molar-refractivity contribution in [2.75, 3.05) is 0 Å². The van der Waals surface area contributed by atoms with E-state index < -0.39 is 5.97 Å². The Morgan fingerprint density at radius 1 is 1.54 bits per heavy atom. The van der Waals surface area contributed by atoms with E-state index in [1.165, 1.54) is 12.3 Å². The zero-order chi connectivity index (χ0) is 10.4. The molecule has 72 valence electrons. The molecular formula is C9H12ClNO2. The van der Waals surface area contributed by atoms with Crippen molar-refractivity contribution in [3.05, 3.63) is 28.5 Å². The number of carboxylic acid groups (broad SMARTS) is 1. The second kappa shape index (κ2) is 5.54. The van der Waals surface area contributed by atoms with Crippen molar-refractivity contribution in [2.45, 2.75) is 20.8 Å². The molecule has 4 heteroatoms. The molecule has 0 aliphatic rings. The molecule has 0 aliphatic carbocycles. The van der Waals surface area contributed by atoms with Crippen LogP contribution in [0.15, 0.2) is 12.3 Å². The van der Waals surface area contributed by atoms with E-state index in [1.54, 1.807) is 6.92 Å². The lowest BCUT2D eigenvalue weighted by molar-refractivity contribution is 0.0690. The quantitative estimate of drug-likeness (QED) is 0.760. The summed E-state index contributed by atoms with van der Waals surface area (Å²) < 4.78 is 0. The highest BCUT2D eigenvalue weighted by atomic mass is 35.5. The number of aryl methyl sites for hydroxylation is 1. The van der Waals surface area contributed by atoms with E-state index in [0.717, 1.165) is 5.56 Å². The zero-order valence-electron chi connectivity index (χ0n) is 7.84. The maximum absolute atomic E-state index is 10.4. The molecule has 1 N–H and O–H groups in total. The first-order valence-corrected chi connectivity index (χ1v) is 4.34. The molecule has 0 fully saturated rings. The normalized spacial score (nSPS) is 8.62. The predicted octanol–water partition coefficient (Wildman–Crippen LogP) is 2.77. The fourth-order valence-corrected chi connectivity index (χ4v) is 0.760. The number of halogens is 1. The SMILES string of the molecule is CC.Cc1cc(C(=O)O)ncc1Cl. The molecule has 0 aliphatic heterocycles. The van der Waals surface area contributed by atoms with Crippen LogP contribution in [0, 0.1) is 6.92 Å². The van der Waals surface area contributed by atoms with Gasteiger partial charge in [-0.05, 0) is 18.6 Å². The number of hydrogen-bond donors (Lipinski definition) is 1. The Bertz CT molecular complexity index is 300. The van der Waals surface area contributed by atoms with Gasteiger partial charge in [0, 0.05) is 6.20 Å². The van der Waals surface area contributed by atoms with Gasteiger partial charge in [-0.1, -0.05) is 25.4 Å². The Kier molecular flexibility index (Phi) is 5.07. The summed E-state index contributed by atoms with van der Waals surface area (Å²) in [4.78, 5) is 14.0. The first-order valence-electron chi connectivity index (χ1n) is 3.96. The fraction of sp³-hybridized carbons (Fsp3) is 0.333. The second-order valence-corrected chi connectivity index (χ2v) is 2.53. The minimum atomic E-state index is -1.04. The van der Waals surface area contributed by atoms with Crippen LogP contribution in [0.25, 0.3) is 0 Å². The van der Waals surface area contributed by atoms with Crippen LogP contribution in [0.3, 0.4) is 0 Å². The van der Waals surface area contributed by atoms with Crippen LogP contribution in [-0.2, 0) is 0 Å². The lowest BCUT2D eigenvalue weighted by Crippen LogP contribution is -1.99. The van der Waals surface area contributed by atoms with Gasteiger partial charge in [0.05, 0.1) is 5.02 Å². The average Bonchev–Trinajstić information content (AvgIpc) is 2.13. The number of aromatic carboxylic acids is 1. The first kappa shape index (κ1) is 11.9. The number of carbonyl (C=O) groups is 1. The molecular weight excluding hydrogens is 190 g/mol. The number of rotatable bonds is 1. The van der Waals surface area contributed by atoms with Crippen LogP contribution in [0.2, 0.25) is 5.02 Å². The summed E-state index contributed by atoms with van der Waals surface area (Å²) >= 11 is 5.63. The molecule has 0 saturated heterocycles. The van der Waals surface area contributed by atoms with Gasteiger partial charge in [0.15, 0.2) is 0 Å². The highest BCUT2D eigenvalue weighted by Crippen LogP contribution is 2.13. The van der Waals surface area contributed by atoms with Crippen molar-refractivity contribution in [3.63, 3.8) is 0 Å². The molecule has 1 aromatic rings. The van der Waals surface area contributed by atoms with Crippen LogP contribution in [-0.4, -0.2) is 16.1 Å². The van der Waals surface area contributed by atoms with Crippen molar-refractivity contribution in [2.24, 2.45) is 0 Å². The number of nitrogens with zero attached hydrogens (tertiary/aromatic N) is 1. The van der Waals surface area contributed by atoms with Crippen LogP contribution in [0.5, 0.6) is 0 Å². The summed E-state index contributed by atoms with van der Waals surface area (Å²) in [6.45, 7) is 5.73. The largest absolute Gasteiger partial charge is 0.477 e. The van der Waals surface area contributed by atoms with Crippen molar-refractivity contribution in [3.8, 4) is 0 Å². The van der Waals surface area contributed by atoms with Crippen LogP contribution in [0.4, 0.5) is 0 Å². The van der Waals surface area contributed by atoms with Crippen molar-refractivity contribution < 1.29 is 9.90 Å². The summed E-state index contributed by atoms with van der Waals surface area (Å²) in [7, 11) is 0. The standard InChI is InChI=1S/C7H6ClNO2.C2H6/c1-4-2-6(7(10)11)9-3-5(4)8;1-2/h2-3H,1H3,(H,10,11);1-2H3. The minimum absolute atomic E-state index is 0.0203. The maximum atomic E-state index is 10.4. The Labute approximate surface area is 82.4 Å². The molecule has 0 aromatic carbocycles. The summed E-state index contributed by atoms with van der Waals surface area (Å²) in [5, 5.41) is 8.98. The molecule has 0 atom stereocenters. The molecule has 0 amide bonds. The van der Waals surface area contributed by atoms with Crippen molar-refractivity contribution in [1.82, 2.24) is 4.98 Å². The van der Waals surface area contributed by atoms with Gasteiger partial charge in [-0.3, -0.25) is 0 Å². The number of hydrogen-bond acceptors (Lipinski definition) is 2. The van der Waals surface area contributed by atoms with Crippen LogP contribution < -0.4 is 0 Å². The summed E-state index contributed by atoms with van der Waals surface area (Å²) in [5.41, 5.74) is 0.742. The van der Waals surface area contributed by atoms with Gasteiger partial charge in [0.2, 0.25) is 0 Å². The lowest BCUT2D eigenvalue weighted by Gasteiger charge is -1.96. The summed E-state index contributed by atoms with van der Waals surface area (Å²) in [6.07, 6.45) is 1.33. The molecule has 1 heterocycles. The number of pyridine rings is 1. The van der Waals surface area contributed by atoms with E-state index in [4.69, 9.17) is 16.7 Å². The lowest BCUT2D eigenvalue weighted by atomic mass is 10.2. The summed E-state index contributed by atoms with van der Waals surface area (Å²) in [5.74, 6) is -1.04. The molecule has 1 aromatic heterocycles. The molecule has 13 heavy (non-hydrogen) atoms. The van der Waals surface area contributed by atoms with E-state index in [9.17, 15) is 4.79 Å². The molecule has 0 spiro atoms. The molecule has 0 bridgehead atoms. The van der Waals surface area contributed by atoms with Crippen LogP contribution >= 0.6 is 11.6 Å². The third-order valence-electron chi connectivity index (χ3n) is 1.27. The average molecular weight is 202 g/mol. The Morgan fingerprint density at radius 3 is 2.46 bits per heavy atom. The Hall–Kier alpha value is -1.09. The molecule has 0 unspecified atom stereocenters. The third kappa shape index (κ3) is 3.42. The first-order chi connectivity index (χ1) is 6.11. The molecule has 1 rings (SSSR count). The second-order valence-electron chi connectivity index (χ2n) is 2.12. The van der Waals surface area contributed by atoms with E-state index in [0.29, 0.717) is 5.02 Å². The van der Waals surface area contributed by atoms with Crippen molar-refractivity contribution in [1.29, 1.82) is 0 Å². The van der Waals surface area contributed by atoms with Crippen molar-refractivity contribution >= 4 is 17.6 Å². The molecule has 0 radical (unpaired) electrons. The van der Waals surface area contributed by atoms with Gasteiger partial charge >= 0.3 is 5.97 Å². The Balaban J connectivity index is 0.000000671. The third-order valence-corrected chi connectivity index (χ3v) is 1.66. The van der Waals surface area contributed by atoms with E-state index in [2.05, 4.69) is 4.98 Å². The van der Waals surface area contributed by atoms with E-state index in [1.807, 2.05) is 13.8 Å².